The summed E-state index contributed by atoms with van der Waals surface area (Å²) in [6.07, 6.45) is 7.76. The van der Waals surface area contributed by atoms with Gasteiger partial charge >= 0.3 is 0 Å². The quantitative estimate of drug-likeness (QED) is 0.769. The van der Waals surface area contributed by atoms with Crippen LogP contribution in [-0.4, -0.2) is 48.4 Å². The van der Waals surface area contributed by atoms with Crippen molar-refractivity contribution in [2.75, 3.05) is 19.6 Å². The Kier molecular flexibility index (Phi) is 6.24. The maximum absolute atomic E-state index is 12.9. The first kappa shape index (κ1) is 17.3. The van der Waals surface area contributed by atoms with E-state index in [-0.39, 0.29) is 17.9 Å². The summed E-state index contributed by atoms with van der Waals surface area (Å²) in [5.74, 6) is 0.115. The fraction of sp³-hybridized carbons (Fsp3) is 0.882. The molecule has 5 nitrogen and oxygen atoms in total. The number of carbonyl (C=O) groups is 2. The number of carbonyl (C=O) groups excluding carboxylic acids is 2. The number of likely N-dealkylation sites (tertiary alicyclic amines) is 1. The van der Waals surface area contributed by atoms with E-state index < -0.39 is 0 Å². The fourth-order valence-electron chi connectivity index (χ4n) is 4.12. The van der Waals surface area contributed by atoms with Gasteiger partial charge in [-0.3, -0.25) is 9.59 Å². The van der Waals surface area contributed by atoms with Gasteiger partial charge < -0.3 is 15.5 Å². The molecule has 0 aromatic heterocycles. The zero-order valence-corrected chi connectivity index (χ0v) is 14.1. The van der Waals surface area contributed by atoms with Crippen LogP contribution in [0.3, 0.4) is 0 Å². The lowest BCUT2D eigenvalue weighted by atomic mass is 9.93. The van der Waals surface area contributed by atoms with Crippen LogP contribution in [0, 0.1) is 5.92 Å². The van der Waals surface area contributed by atoms with E-state index in [1.165, 1.54) is 24.2 Å². The molecule has 1 heterocycles. The zero-order chi connectivity index (χ0) is 16.1. The van der Waals surface area contributed by atoms with Crippen LogP contribution < -0.4 is 10.6 Å². The smallest absolute Gasteiger partial charge is 0.280 e. The number of amides is 2. The average molecular weight is 310 g/mol. The third-order valence-electron chi connectivity index (χ3n) is 5.65. The lowest BCUT2D eigenvalue weighted by Crippen LogP contribution is -3.17. The Balaban J connectivity index is 1.91. The summed E-state index contributed by atoms with van der Waals surface area (Å²) in [5.41, 5.74) is 5.39. The summed E-state index contributed by atoms with van der Waals surface area (Å²) in [5, 5.41) is 0. The summed E-state index contributed by atoms with van der Waals surface area (Å²) in [6, 6.07) is 0.437. The van der Waals surface area contributed by atoms with Crippen molar-refractivity contribution in [2.45, 2.75) is 70.9 Å². The summed E-state index contributed by atoms with van der Waals surface area (Å²) >= 11 is 0. The first-order valence-corrected chi connectivity index (χ1v) is 8.99. The Morgan fingerprint density at radius 1 is 1.14 bits per heavy atom. The molecule has 1 atom stereocenters. The van der Waals surface area contributed by atoms with Gasteiger partial charge in [-0.25, -0.2) is 0 Å². The second-order valence-electron chi connectivity index (χ2n) is 6.97. The standard InChI is InChI=1S/C17H31N3O2/c1-3-20(15-7-5-4-6-8-15)17(22)13(2)19-11-9-14(10-12-19)16(18)21/h13-15H,3-12H2,1-2H3,(H2,18,21)/p+1/t13-/m1/s1. The van der Waals surface area contributed by atoms with Crippen LogP contribution in [-0.2, 0) is 9.59 Å². The number of nitrogens with one attached hydrogen (secondary N) is 1. The molecule has 0 spiro atoms. The SMILES string of the molecule is CCN(C(=O)[C@@H](C)[NH+]1CCC(C(N)=O)CC1)C1CCCCC1. The van der Waals surface area contributed by atoms with Crippen molar-refractivity contribution in [3.63, 3.8) is 0 Å². The fourth-order valence-corrected chi connectivity index (χ4v) is 4.12. The Morgan fingerprint density at radius 2 is 1.73 bits per heavy atom. The Bertz CT molecular complexity index is 385. The molecule has 22 heavy (non-hydrogen) atoms. The second kappa shape index (κ2) is 7.95. The first-order chi connectivity index (χ1) is 10.5. The molecule has 1 saturated heterocycles. The molecule has 5 heteroatoms. The highest BCUT2D eigenvalue weighted by atomic mass is 16.2. The molecule has 0 unspecified atom stereocenters. The minimum Gasteiger partial charge on any atom is -0.369 e. The number of likely N-dealkylation sites (N-methyl/N-ethyl adjacent to an activating group) is 1. The van der Waals surface area contributed by atoms with Gasteiger partial charge in [0, 0.05) is 31.3 Å². The Morgan fingerprint density at radius 3 is 2.23 bits per heavy atom. The van der Waals surface area contributed by atoms with Crippen LogP contribution in [0.2, 0.25) is 0 Å². The van der Waals surface area contributed by atoms with Crippen molar-refractivity contribution in [2.24, 2.45) is 11.7 Å². The van der Waals surface area contributed by atoms with E-state index in [2.05, 4.69) is 11.8 Å². The number of rotatable bonds is 5. The highest BCUT2D eigenvalue weighted by Crippen LogP contribution is 2.23. The topological polar surface area (TPSA) is 67.8 Å². The van der Waals surface area contributed by atoms with E-state index in [1.54, 1.807) is 0 Å². The Labute approximate surface area is 134 Å². The lowest BCUT2D eigenvalue weighted by molar-refractivity contribution is -0.920. The number of piperidine rings is 1. The normalized spacial score (nSPS) is 28.1. The largest absolute Gasteiger partial charge is 0.369 e. The van der Waals surface area contributed by atoms with Crippen molar-refractivity contribution in [3.05, 3.63) is 0 Å². The Hall–Kier alpha value is -1.10. The van der Waals surface area contributed by atoms with Crippen LogP contribution in [0.4, 0.5) is 0 Å². The highest BCUT2D eigenvalue weighted by Gasteiger charge is 2.35. The van der Waals surface area contributed by atoms with Crippen molar-refractivity contribution >= 4 is 11.8 Å². The maximum atomic E-state index is 12.9. The summed E-state index contributed by atoms with van der Waals surface area (Å²) in [6.45, 7) is 6.71. The van der Waals surface area contributed by atoms with Gasteiger partial charge in [0.1, 0.15) is 0 Å². The molecule has 2 aliphatic rings. The number of quaternary nitrogens is 1. The highest BCUT2D eigenvalue weighted by molar-refractivity contribution is 5.80. The molecule has 2 rings (SSSR count). The van der Waals surface area contributed by atoms with E-state index in [0.29, 0.717) is 11.9 Å². The van der Waals surface area contributed by atoms with Crippen LogP contribution >= 0.6 is 0 Å². The molecule has 126 valence electrons. The molecule has 1 aliphatic heterocycles. The lowest BCUT2D eigenvalue weighted by Gasteiger charge is -2.38. The van der Waals surface area contributed by atoms with Crippen LogP contribution in [0.25, 0.3) is 0 Å². The minimum absolute atomic E-state index is 0.00398. The van der Waals surface area contributed by atoms with Gasteiger partial charge in [0.2, 0.25) is 5.91 Å². The predicted molar refractivity (Wildman–Crippen MR) is 86.3 cm³/mol. The van der Waals surface area contributed by atoms with Gasteiger partial charge in [-0.2, -0.15) is 0 Å². The molecular formula is C17H32N3O2+. The van der Waals surface area contributed by atoms with Gasteiger partial charge in [0.05, 0.1) is 13.1 Å². The van der Waals surface area contributed by atoms with E-state index in [4.69, 9.17) is 5.73 Å². The van der Waals surface area contributed by atoms with E-state index in [1.807, 2.05) is 6.92 Å². The molecule has 0 aromatic carbocycles. The van der Waals surface area contributed by atoms with Crippen molar-refractivity contribution in [1.82, 2.24) is 4.90 Å². The zero-order valence-electron chi connectivity index (χ0n) is 14.1. The molecule has 1 saturated carbocycles. The van der Waals surface area contributed by atoms with Crippen molar-refractivity contribution in [1.29, 1.82) is 0 Å². The van der Waals surface area contributed by atoms with Gasteiger partial charge in [-0.1, -0.05) is 19.3 Å². The summed E-state index contributed by atoms with van der Waals surface area (Å²) < 4.78 is 0. The molecule has 0 bridgehead atoms. The molecule has 2 fully saturated rings. The molecule has 0 radical (unpaired) electrons. The second-order valence-corrected chi connectivity index (χ2v) is 6.97. The van der Waals surface area contributed by atoms with E-state index in [9.17, 15) is 9.59 Å². The third kappa shape index (κ3) is 4.00. The number of primary amides is 1. The van der Waals surface area contributed by atoms with Crippen molar-refractivity contribution in [3.8, 4) is 0 Å². The summed E-state index contributed by atoms with van der Waals surface area (Å²) in [4.78, 5) is 27.6. The molecule has 0 aromatic rings. The number of hydrogen-bond acceptors (Lipinski definition) is 2. The maximum Gasteiger partial charge on any atom is 0.280 e. The van der Waals surface area contributed by atoms with Gasteiger partial charge in [-0.05, 0) is 26.7 Å². The number of nitrogens with zero attached hydrogens (tertiary/aromatic N) is 1. The molecule has 1 aliphatic carbocycles. The van der Waals surface area contributed by atoms with Gasteiger partial charge in [0.15, 0.2) is 6.04 Å². The minimum atomic E-state index is -0.185. The number of hydrogen-bond donors (Lipinski definition) is 2. The van der Waals surface area contributed by atoms with Crippen molar-refractivity contribution < 1.29 is 14.5 Å². The monoisotopic (exact) mass is 310 g/mol. The number of nitrogens with two attached hydrogens (primary N) is 1. The van der Waals surface area contributed by atoms with Gasteiger partial charge in [0.25, 0.3) is 5.91 Å². The molecule has 2 amide bonds. The first-order valence-electron chi connectivity index (χ1n) is 8.99. The van der Waals surface area contributed by atoms with Gasteiger partial charge in [-0.15, -0.1) is 0 Å². The molecular weight excluding hydrogens is 278 g/mol. The summed E-state index contributed by atoms with van der Waals surface area (Å²) in [7, 11) is 0. The predicted octanol–water partition coefficient (Wildman–Crippen LogP) is 0.336. The van der Waals surface area contributed by atoms with E-state index >= 15 is 0 Å². The van der Waals surface area contributed by atoms with Crippen LogP contribution in [0.1, 0.15) is 58.8 Å². The van der Waals surface area contributed by atoms with Crippen LogP contribution in [0.5, 0.6) is 0 Å². The third-order valence-corrected chi connectivity index (χ3v) is 5.65. The van der Waals surface area contributed by atoms with Crippen LogP contribution in [0.15, 0.2) is 0 Å². The van der Waals surface area contributed by atoms with E-state index in [0.717, 1.165) is 45.3 Å². The average Bonchev–Trinajstić information content (AvgIpc) is 2.56. The molecule has 3 N–H and O–H groups in total.